The molecule has 0 bridgehead atoms. The van der Waals surface area contributed by atoms with Crippen molar-refractivity contribution in [3.8, 4) is 0 Å². The molecule has 2 aromatic heterocycles. The summed E-state index contributed by atoms with van der Waals surface area (Å²) in [6.45, 7) is 0. The summed E-state index contributed by atoms with van der Waals surface area (Å²) in [4.78, 5) is 18.8. The van der Waals surface area contributed by atoms with Gasteiger partial charge in [-0.15, -0.1) is 11.3 Å². The van der Waals surface area contributed by atoms with E-state index < -0.39 is 17.8 Å². The molecule has 100 valence electrons. The molecule has 9 heteroatoms. The van der Waals surface area contributed by atoms with E-state index >= 15 is 0 Å². The SMILES string of the molecule is O=C(Nc1nc(C(F)(F)F)cs1)c1cncc(Br)c1. The summed E-state index contributed by atoms with van der Waals surface area (Å²) >= 11 is 3.85. The van der Waals surface area contributed by atoms with E-state index in [1.54, 1.807) is 0 Å². The molecule has 1 amide bonds. The van der Waals surface area contributed by atoms with Gasteiger partial charge >= 0.3 is 6.18 Å². The topological polar surface area (TPSA) is 54.9 Å². The molecule has 1 N–H and O–H groups in total. The minimum absolute atomic E-state index is 0.114. The second kappa shape index (κ2) is 5.25. The standard InChI is InChI=1S/C10H5BrF3N3OS/c11-6-1-5(2-15-3-6)8(18)17-9-16-7(4-19-9)10(12,13)14/h1-4H,(H,16,17,18). The van der Waals surface area contributed by atoms with Gasteiger partial charge in [0.1, 0.15) is 0 Å². The number of aromatic nitrogens is 2. The molecule has 0 saturated carbocycles. The van der Waals surface area contributed by atoms with Gasteiger partial charge in [0.05, 0.1) is 5.56 Å². The molecule has 2 rings (SSSR count). The van der Waals surface area contributed by atoms with Crippen molar-refractivity contribution in [2.75, 3.05) is 5.32 Å². The average Bonchev–Trinajstić information content (AvgIpc) is 2.77. The normalized spacial score (nSPS) is 11.4. The zero-order valence-electron chi connectivity index (χ0n) is 9.03. The summed E-state index contributed by atoms with van der Waals surface area (Å²) in [6.07, 6.45) is -1.73. The van der Waals surface area contributed by atoms with Crippen molar-refractivity contribution in [2.45, 2.75) is 6.18 Å². The Bertz CT molecular complexity index is 614. The molecular weight excluding hydrogens is 347 g/mol. The van der Waals surface area contributed by atoms with E-state index in [-0.39, 0.29) is 10.7 Å². The number of carbonyl (C=O) groups excluding carboxylic acids is 1. The number of hydrogen-bond acceptors (Lipinski definition) is 4. The minimum atomic E-state index is -4.52. The van der Waals surface area contributed by atoms with Crippen molar-refractivity contribution in [1.29, 1.82) is 0 Å². The van der Waals surface area contributed by atoms with Crippen LogP contribution < -0.4 is 5.32 Å². The van der Waals surface area contributed by atoms with E-state index in [1.165, 1.54) is 18.5 Å². The first-order valence-electron chi connectivity index (χ1n) is 4.81. The zero-order chi connectivity index (χ0) is 14.0. The van der Waals surface area contributed by atoms with Crippen molar-refractivity contribution in [1.82, 2.24) is 9.97 Å². The van der Waals surface area contributed by atoms with E-state index in [2.05, 4.69) is 31.2 Å². The molecule has 0 aromatic carbocycles. The molecule has 0 aliphatic heterocycles. The van der Waals surface area contributed by atoms with Crippen LogP contribution in [0.1, 0.15) is 16.1 Å². The highest BCUT2D eigenvalue weighted by molar-refractivity contribution is 9.10. The summed E-state index contributed by atoms with van der Waals surface area (Å²) in [6, 6.07) is 1.50. The Kier molecular flexibility index (Phi) is 3.85. The lowest BCUT2D eigenvalue weighted by Gasteiger charge is -2.02. The van der Waals surface area contributed by atoms with Gasteiger partial charge in [-0.2, -0.15) is 13.2 Å². The van der Waals surface area contributed by atoms with Crippen LogP contribution in [0.15, 0.2) is 28.3 Å². The van der Waals surface area contributed by atoms with E-state index in [0.717, 1.165) is 5.38 Å². The molecule has 0 fully saturated rings. The Balaban J connectivity index is 2.13. The molecular formula is C10H5BrF3N3OS. The Morgan fingerprint density at radius 2 is 2.11 bits per heavy atom. The first-order chi connectivity index (χ1) is 8.86. The number of thiazole rings is 1. The maximum absolute atomic E-state index is 12.3. The van der Waals surface area contributed by atoms with Crippen molar-refractivity contribution in [2.24, 2.45) is 0 Å². The molecule has 2 aromatic rings. The highest BCUT2D eigenvalue weighted by atomic mass is 79.9. The van der Waals surface area contributed by atoms with Crippen molar-refractivity contribution < 1.29 is 18.0 Å². The van der Waals surface area contributed by atoms with Crippen LogP contribution in [0, 0.1) is 0 Å². The summed E-state index contributed by atoms with van der Waals surface area (Å²) < 4.78 is 37.6. The van der Waals surface area contributed by atoms with Crippen molar-refractivity contribution in [3.05, 3.63) is 39.6 Å². The Morgan fingerprint density at radius 1 is 1.37 bits per heavy atom. The van der Waals surface area contributed by atoms with Crippen molar-refractivity contribution in [3.63, 3.8) is 0 Å². The first kappa shape index (κ1) is 13.9. The van der Waals surface area contributed by atoms with Gasteiger partial charge in [0, 0.05) is 22.2 Å². The Labute approximate surface area is 117 Å². The maximum atomic E-state index is 12.3. The zero-order valence-corrected chi connectivity index (χ0v) is 11.4. The van der Waals surface area contributed by atoms with Crippen LogP contribution in [0.25, 0.3) is 0 Å². The molecule has 19 heavy (non-hydrogen) atoms. The first-order valence-corrected chi connectivity index (χ1v) is 6.48. The van der Waals surface area contributed by atoms with E-state index in [9.17, 15) is 18.0 Å². The number of alkyl halides is 3. The number of carbonyl (C=O) groups is 1. The van der Waals surface area contributed by atoms with Crippen LogP contribution in [0.4, 0.5) is 18.3 Å². The fourth-order valence-electron chi connectivity index (χ4n) is 1.17. The van der Waals surface area contributed by atoms with Crippen LogP contribution in [-0.4, -0.2) is 15.9 Å². The molecule has 0 aliphatic rings. The third-order valence-electron chi connectivity index (χ3n) is 1.98. The lowest BCUT2D eigenvalue weighted by molar-refractivity contribution is -0.140. The smallest absolute Gasteiger partial charge is 0.298 e. The van der Waals surface area contributed by atoms with Gasteiger partial charge in [-0.1, -0.05) is 0 Å². The number of hydrogen-bond donors (Lipinski definition) is 1. The molecule has 0 unspecified atom stereocenters. The number of pyridine rings is 1. The largest absolute Gasteiger partial charge is 0.434 e. The third-order valence-corrected chi connectivity index (χ3v) is 3.17. The second-order valence-electron chi connectivity index (χ2n) is 3.38. The lowest BCUT2D eigenvalue weighted by Crippen LogP contribution is -2.13. The third kappa shape index (κ3) is 3.51. The molecule has 0 spiro atoms. The maximum Gasteiger partial charge on any atom is 0.434 e. The number of amides is 1. The number of anilines is 1. The molecule has 0 aliphatic carbocycles. The predicted octanol–water partition coefficient (Wildman–Crippen LogP) is 3.57. The molecule has 0 atom stereocenters. The van der Waals surface area contributed by atoms with E-state index in [1.807, 2.05) is 0 Å². The lowest BCUT2D eigenvalue weighted by atomic mass is 10.3. The van der Waals surface area contributed by atoms with Gasteiger partial charge in [0.15, 0.2) is 10.8 Å². The molecule has 2 heterocycles. The number of nitrogens with one attached hydrogen (secondary N) is 1. The molecule has 0 saturated heterocycles. The van der Waals surface area contributed by atoms with Crippen LogP contribution in [0.3, 0.4) is 0 Å². The second-order valence-corrected chi connectivity index (χ2v) is 5.16. The van der Waals surface area contributed by atoms with Crippen molar-refractivity contribution >= 4 is 38.3 Å². The molecule has 0 radical (unpaired) electrons. The summed E-state index contributed by atoms with van der Waals surface area (Å²) in [5.41, 5.74) is -0.807. The predicted molar refractivity (Wildman–Crippen MR) is 67.0 cm³/mol. The van der Waals surface area contributed by atoms with Gasteiger partial charge in [-0.25, -0.2) is 4.98 Å². The average molecular weight is 352 g/mol. The quantitative estimate of drug-likeness (QED) is 0.899. The fourth-order valence-corrected chi connectivity index (χ4v) is 2.24. The van der Waals surface area contributed by atoms with Gasteiger partial charge < -0.3 is 0 Å². The highest BCUT2D eigenvalue weighted by Crippen LogP contribution is 2.31. The van der Waals surface area contributed by atoms with Gasteiger partial charge in [0.2, 0.25) is 0 Å². The monoisotopic (exact) mass is 351 g/mol. The summed E-state index contributed by atoms with van der Waals surface area (Å²) in [5.74, 6) is -0.572. The highest BCUT2D eigenvalue weighted by Gasteiger charge is 2.33. The summed E-state index contributed by atoms with van der Waals surface area (Å²) in [7, 11) is 0. The van der Waals surface area contributed by atoms with E-state index in [0.29, 0.717) is 15.8 Å². The van der Waals surface area contributed by atoms with Crippen LogP contribution in [0.5, 0.6) is 0 Å². The summed E-state index contributed by atoms with van der Waals surface area (Å²) in [5, 5.41) is 3.01. The Hall–Kier alpha value is -1.48. The van der Waals surface area contributed by atoms with Gasteiger partial charge in [0.25, 0.3) is 5.91 Å². The van der Waals surface area contributed by atoms with E-state index in [4.69, 9.17) is 0 Å². The van der Waals surface area contributed by atoms with Crippen LogP contribution >= 0.6 is 27.3 Å². The van der Waals surface area contributed by atoms with Gasteiger partial charge in [-0.3, -0.25) is 15.1 Å². The van der Waals surface area contributed by atoms with Gasteiger partial charge in [-0.05, 0) is 22.0 Å². The number of halogens is 4. The number of nitrogens with zero attached hydrogens (tertiary/aromatic N) is 2. The fraction of sp³-hybridized carbons (Fsp3) is 0.100. The number of rotatable bonds is 2. The molecule has 4 nitrogen and oxygen atoms in total. The van der Waals surface area contributed by atoms with Crippen LogP contribution in [0.2, 0.25) is 0 Å². The minimum Gasteiger partial charge on any atom is -0.298 e. The van der Waals surface area contributed by atoms with Crippen LogP contribution in [-0.2, 0) is 6.18 Å². The Morgan fingerprint density at radius 3 is 2.68 bits per heavy atom.